The Balaban J connectivity index is 2.11. The third-order valence-corrected chi connectivity index (χ3v) is 5.34. The van der Waals surface area contributed by atoms with Gasteiger partial charge in [0.15, 0.2) is 0 Å². The van der Waals surface area contributed by atoms with Gasteiger partial charge in [0.05, 0.1) is 0 Å². The summed E-state index contributed by atoms with van der Waals surface area (Å²) in [7, 11) is 3.54. The molecule has 0 aliphatic heterocycles. The van der Waals surface area contributed by atoms with Crippen molar-refractivity contribution in [3.05, 3.63) is 29.8 Å². The van der Waals surface area contributed by atoms with Gasteiger partial charge in [-0.3, -0.25) is 9.59 Å². The molecule has 0 heterocycles. The summed E-state index contributed by atoms with van der Waals surface area (Å²) in [5, 5.41) is 2.99. The number of hydrogen-bond acceptors (Lipinski definition) is 2. The number of unbranched alkanes of at least 4 members (excludes halogenated alkanes) is 10. The average molecular weight is 403 g/mol. The number of rotatable bonds is 16. The zero-order valence-corrected chi connectivity index (χ0v) is 19.0. The Hall–Kier alpha value is -1.84. The smallest absolute Gasteiger partial charge is 0.224 e. The first-order chi connectivity index (χ1) is 14.0. The summed E-state index contributed by atoms with van der Waals surface area (Å²) in [6.07, 6.45) is 15.9. The molecule has 1 aromatic rings. The normalized spacial score (nSPS) is 10.7. The van der Waals surface area contributed by atoms with E-state index < -0.39 is 0 Å². The Morgan fingerprint density at radius 2 is 1.41 bits per heavy atom. The van der Waals surface area contributed by atoms with Crippen molar-refractivity contribution < 1.29 is 9.59 Å². The minimum Gasteiger partial charge on any atom is -0.349 e. The molecule has 0 aliphatic carbocycles. The molecule has 0 spiro atoms. The van der Waals surface area contributed by atoms with E-state index in [-0.39, 0.29) is 11.8 Å². The molecule has 0 aromatic heterocycles. The van der Waals surface area contributed by atoms with Crippen molar-refractivity contribution in [3.63, 3.8) is 0 Å². The molecule has 2 amide bonds. The van der Waals surface area contributed by atoms with Crippen molar-refractivity contribution in [2.75, 3.05) is 19.4 Å². The zero-order chi connectivity index (χ0) is 21.3. The molecule has 4 nitrogen and oxygen atoms in total. The van der Waals surface area contributed by atoms with Gasteiger partial charge in [0.25, 0.3) is 0 Å². The first kappa shape index (κ1) is 25.2. The van der Waals surface area contributed by atoms with Gasteiger partial charge in [0.2, 0.25) is 11.8 Å². The Kier molecular flexibility index (Phi) is 13.9. The number of hydrogen-bond donors (Lipinski definition) is 1. The lowest BCUT2D eigenvalue weighted by molar-refractivity contribution is -0.128. The van der Waals surface area contributed by atoms with E-state index in [1.807, 2.05) is 24.3 Å². The van der Waals surface area contributed by atoms with E-state index in [1.54, 1.807) is 19.0 Å². The topological polar surface area (TPSA) is 49.4 Å². The molecule has 0 unspecified atom stereocenters. The fourth-order valence-corrected chi connectivity index (χ4v) is 3.45. The van der Waals surface area contributed by atoms with Crippen LogP contribution in [0.2, 0.25) is 0 Å². The maximum atomic E-state index is 12.2. The van der Waals surface area contributed by atoms with E-state index in [9.17, 15) is 9.59 Å². The molecule has 4 heteroatoms. The number of nitrogens with one attached hydrogen (secondary N) is 1. The average Bonchev–Trinajstić information content (AvgIpc) is 2.70. The van der Waals surface area contributed by atoms with Crippen LogP contribution in [0.15, 0.2) is 24.3 Å². The maximum Gasteiger partial charge on any atom is 0.224 e. The molecule has 0 aliphatic rings. The predicted octanol–water partition coefficient (Wildman–Crippen LogP) is 6.35. The second kappa shape index (κ2) is 16.0. The van der Waals surface area contributed by atoms with Gasteiger partial charge in [-0.2, -0.15) is 0 Å². The summed E-state index contributed by atoms with van der Waals surface area (Å²) in [6, 6.07) is 7.83. The SMILES string of the molecule is CCCCCCCCCCCCCC(=O)Nc1cccc(CCC(=O)N(C)C)c1. The minimum absolute atomic E-state index is 0.0856. The number of anilines is 1. The van der Waals surface area contributed by atoms with Crippen molar-refractivity contribution in [2.45, 2.75) is 96.8 Å². The maximum absolute atomic E-state index is 12.2. The van der Waals surface area contributed by atoms with Crippen LogP contribution in [0.1, 0.15) is 96.0 Å². The van der Waals surface area contributed by atoms with E-state index in [2.05, 4.69) is 12.2 Å². The van der Waals surface area contributed by atoms with Crippen LogP contribution >= 0.6 is 0 Å². The van der Waals surface area contributed by atoms with Gasteiger partial charge in [-0.1, -0.05) is 83.3 Å². The number of carbonyl (C=O) groups excluding carboxylic acids is 2. The summed E-state index contributed by atoms with van der Waals surface area (Å²) >= 11 is 0. The highest BCUT2D eigenvalue weighted by Crippen LogP contribution is 2.15. The van der Waals surface area contributed by atoms with Crippen molar-refractivity contribution >= 4 is 17.5 Å². The predicted molar refractivity (Wildman–Crippen MR) is 123 cm³/mol. The van der Waals surface area contributed by atoms with Crippen LogP contribution in [-0.2, 0) is 16.0 Å². The van der Waals surface area contributed by atoms with E-state index in [4.69, 9.17) is 0 Å². The number of benzene rings is 1. The highest BCUT2D eigenvalue weighted by Gasteiger charge is 2.06. The molecule has 0 radical (unpaired) electrons. The number of nitrogens with zero attached hydrogens (tertiary/aromatic N) is 1. The Bertz CT molecular complexity index is 584. The van der Waals surface area contributed by atoms with Gasteiger partial charge < -0.3 is 10.2 Å². The molecule has 164 valence electrons. The van der Waals surface area contributed by atoms with Crippen molar-refractivity contribution in [1.29, 1.82) is 0 Å². The van der Waals surface area contributed by atoms with Gasteiger partial charge in [-0.15, -0.1) is 0 Å². The summed E-state index contributed by atoms with van der Waals surface area (Å²) < 4.78 is 0. The second-order valence-electron chi connectivity index (χ2n) is 8.32. The lowest BCUT2D eigenvalue weighted by Gasteiger charge is -2.11. The Morgan fingerprint density at radius 1 is 0.828 bits per heavy atom. The third kappa shape index (κ3) is 13.1. The van der Waals surface area contributed by atoms with Crippen LogP contribution in [0.3, 0.4) is 0 Å². The molecule has 1 aromatic carbocycles. The van der Waals surface area contributed by atoms with Gasteiger partial charge >= 0.3 is 0 Å². The van der Waals surface area contributed by atoms with Crippen LogP contribution < -0.4 is 5.32 Å². The molecule has 0 fully saturated rings. The molecular weight excluding hydrogens is 360 g/mol. The van der Waals surface area contributed by atoms with Crippen LogP contribution in [0, 0.1) is 0 Å². The summed E-state index contributed by atoms with van der Waals surface area (Å²) in [5.41, 5.74) is 1.90. The fraction of sp³-hybridized carbons (Fsp3) is 0.680. The van der Waals surface area contributed by atoms with Gasteiger partial charge in [-0.05, 0) is 30.5 Å². The van der Waals surface area contributed by atoms with E-state index in [0.717, 1.165) is 24.1 Å². The largest absolute Gasteiger partial charge is 0.349 e. The monoisotopic (exact) mass is 402 g/mol. The molecule has 0 atom stereocenters. The van der Waals surface area contributed by atoms with E-state index in [1.165, 1.54) is 57.8 Å². The molecule has 1 rings (SSSR count). The lowest BCUT2D eigenvalue weighted by atomic mass is 10.1. The van der Waals surface area contributed by atoms with Gasteiger partial charge in [-0.25, -0.2) is 0 Å². The first-order valence-electron chi connectivity index (χ1n) is 11.6. The number of aryl methyl sites for hydroxylation is 1. The molecular formula is C25H42N2O2. The number of carbonyl (C=O) groups is 2. The Morgan fingerprint density at radius 3 is 2.00 bits per heavy atom. The zero-order valence-electron chi connectivity index (χ0n) is 19.0. The van der Waals surface area contributed by atoms with Crippen molar-refractivity contribution in [2.24, 2.45) is 0 Å². The third-order valence-electron chi connectivity index (χ3n) is 5.34. The van der Waals surface area contributed by atoms with Crippen LogP contribution in [0.4, 0.5) is 5.69 Å². The minimum atomic E-state index is 0.0856. The molecule has 0 bridgehead atoms. The lowest BCUT2D eigenvalue weighted by Crippen LogP contribution is -2.21. The van der Waals surface area contributed by atoms with E-state index >= 15 is 0 Å². The number of amides is 2. The Labute approximate surface area is 178 Å². The summed E-state index contributed by atoms with van der Waals surface area (Å²) in [6.45, 7) is 2.26. The first-order valence-corrected chi connectivity index (χ1v) is 11.6. The fourth-order valence-electron chi connectivity index (χ4n) is 3.45. The highest BCUT2D eigenvalue weighted by atomic mass is 16.2. The standard InChI is InChI=1S/C25H42N2O2/c1-4-5-6-7-8-9-10-11-12-13-14-18-24(28)26-23-17-15-16-22(21-23)19-20-25(29)27(2)3/h15-17,21H,4-14,18-20H2,1-3H3,(H,26,28). The quantitative estimate of drug-likeness (QED) is 0.328. The van der Waals surface area contributed by atoms with Crippen molar-refractivity contribution in [3.8, 4) is 0 Å². The van der Waals surface area contributed by atoms with E-state index in [0.29, 0.717) is 19.3 Å². The molecule has 0 saturated carbocycles. The van der Waals surface area contributed by atoms with Crippen molar-refractivity contribution in [1.82, 2.24) is 4.90 Å². The van der Waals surface area contributed by atoms with Gasteiger partial charge in [0.1, 0.15) is 0 Å². The molecule has 0 saturated heterocycles. The van der Waals surface area contributed by atoms with Crippen LogP contribution in [0.25, 0.3) is 0 Å². The summed E-state index contributed by atoms with van der Waals surface area (Å²) in [5.74, 6) is 0.207. The van der Waals surface area contributed by atoms with Gasteiger partial charge in [0, 0.05) is 32.6 Å². The van der Waals surface area contributed by atoms with Crippen LogP contribution in [-0.4, -0.2) is 30.8 Å². The van der Waals surface area contributed by atoms with Crippen LogP contribution in [0.5, 0.6) is 0 Å². The summed E-state index contributed by atoms with van der Waals surface area (Å²) in [4.78, 5) is 25.5. The molecule has 1 N–H and O–H groups in total. The highest BCUT2D eigenvalue weighted by molar-refractivity contribution is 5.90. The second-order valence-corrected chi connectivity index (χ2v) is 8.32. The molecule has 29 heavy (non-hydrogen) atoms.